The minimum Gasteiger partial charge on any atom is -0.352 e. The van der Waals surface area contributed by atoms with Crippen molar-refractivity contribution >= 4 is 27.5 Å². The van der Waals surface area contributed by atoms with Gasteiger partial charge >= 0.3 is 0 Å². The van der Waals surface area contributed by atoms with Crippen LogP contribution in [0.15, 0.2) is 114 Å². The van der Waals surface area contributed by atoms with E-state index in [9.17, 15) is 18.0 Å². The van der Waals surface area contributed by atoms with Gasteiger partial charge in [-0.25, -0.2) is 8.42 Å². The van der Waals surface area contributed by atoms with Crippen molar-refractivity contribution in [1.82, 2.24) is 10.2 Å². The van der Waals surface area contributed by atoms with Gasteiger partial charge in [-0.15, -0.1) is 0 Å². The minimum absolute atomic E-state index is 0.0643. The van der Waals surface area contributed by atoms with Gasteiger partial charge in [-0.3, -0.25) is 13.9 Å². The van der Waals surface area contributed by atoms with Crippen LogP contribution in [-0.2, 0) is 32.6 Å². The molecule has 0 heterocycles. The Hall–Kier alpha value is -4.43. The monoisotopic (exact) mass is 623 g/mol. The Bertz CT molecular complexity index is 1690. The van der Waals surface area contributed by atoms with E-state index in [0.717, 1.165) is 52.2 Å². The number of carbonyl (C=O) groups is 2. The molecule has 0 bridgehead atoms. The first kappa shape index (κ1) is 32.0. The average molecular weight is 624 g/mol. The van der Waals surface area contributed by atoms with E-state index in [1.165, 1.54) is 0 Å². The van der Waals surface area contributed by atoms with Crippen LogP contribution >= 0.6 is 0 Å². The van der Waals surface area contributed by atoms with Crippen molar-refractivity contribution in [2.75, 3.05) is 10.8 Å². The number of nitrogens with one attached hydrogen (secondary N) is 1. The van der Waals surface area contributed by atoms with Gasteiger partial charge < -0.3 is 10.2 Å². The minimum atomic E-state index is -4.12. The van der Waals surface area contributed by atoms with Crippen LogP contribution in [0.3, 0.4) is 0 Å². The zero-order valence-corrected chi connectivity index (χ0v) is 26.7. The van der Waals surface area contributed by atoms with E-state index in [1.54, 1.807) is 59.5 Å². The summed E-state index contributed by atoms with van der Waals surface area (Å²) in [5.41, 5.74) is 4.11. The summed E-state index contributed by atoms with van der Waals surface area (Å²) in [6.07, 6.45) is 4.23. The number of nitrogens with zero attached hydrogens (tertiary/aromatic N) is 2. The van der Waals surface area contributed by atoms with Gasteiger partial charge in [0, 0.05) is 19.0 Å². The van der Waals surface area contributed by atoms with Crippen molar-refractivity contribution in [3.63, 3.8) is 0 Å². The lowest BCUT2D eigenvalue weighted by Gasteiger charge is -2.34. The number of amides is 2. The van der Waals surface area contributed by atoms with E-state index in [-0.39, 0.29) is 23.4 Å². The summed E-state index contributed by atoms with van der Waals surface area (Å²) in [5, 5.41) is 3.21. The highest BCUT2D eigenvalue weighted by atomic mass is 32.2. The number of aryl methyl sites for hydroxylation is 2. The lowest BCUT2D eigenvalue weighted by molar-refractivity contribution is -0.140. The van der Waals surface area contributed by atoms with E-state index in [1.807, 2.05) is 68.4 Å². The Morgan fingerprint density at radius 1 is 0.778 bits per heavy atom. The van der Waals surface area contributed by atoms with Crippen molar-refractivity contribution in [3.8, 4) is 0 Å². The number of sulfonamides is 1. The maximum Gasteiger partial charge on any atom is 0.264 e. The SMILES string of the molecule is Cc1ccc(S(=O)(=O)N(CC(=O)N(Cc2cccc(C)c2)[C@H](Cc2ccccc2)C(=O)NC2CCCC2)c2ccccc2)cc1. The highest BCUT2D eigenvalue weighted by molar-refractivity contribution is 7.92. The van der Waals surface area contributed by atoms with E-state index in [0.29, 0.717) is 12.1 Å². The van der Waals surface area contributed by atoms with Crippen LogP contribution in [-0.4, -0.2) is 43.8 Å². The van der Waals surface area contributed by atoms with Crippen LogP contribution in [0.25, 0.3) is 0 Å². The molecule has 5 rings (SSSR count). The lowest BCUT2D eigenvalue weighted by Crippen LogP contribution is -2.54. The van der Waals surface area contributed by atoms with Crippen molar-refractivity contribution in [2.24, 2.45) is 0 Å². The number of hydrogen-bond acceptors (Lipinski definition) is 4. The summed E-state index contributed by atoms with van der Waals surface area (Å²) in [7, 11) is -4.12. The Balaban J connectivity index is 1.55. The second-order valence-electron chi connectivity index (χ2n) is 11.9. The molecule has 0 aliphatic heterocycles. The summed E-state index contributed by atoms with van der Waals surface area (Å²) in [6.45, 7) is 3.56. The second kappa shape index (κ2) is 14.6. The van der Waals surface area contributed by atoms with Crippen LogP contribution in [0.1, 0.15) is 47.9 Å². The van der Waals surface area contributed by atoms with Crippen LogP contribution in [0.2, 0.25) is 0 Å². The van der Waals surface area contributed by atoms with Crippen molar-refractivity contribution < 1.29 is 18.0 Å². The number of rotatable bonds is 12. The number of benzene rings is 4. The first-order valence-electron chi connectivity index (χ1n) is 15.5. The summed E-state index contributed by atoms with van der Waals surface area (Å²) in [6, 6.07) is 31.9. The fourth-order valence-corrected chi connectivity index (χ4v) is 7.30. The van der Waals surface area contributed by atoms with Crippen molar-refractivity contribution in [3.05, 3.63) is 131 Å². The molecule has 8 heteroatoms. The molecular formula is C37H41N3O4S. The zero-order chi connectivity index (χ0) is 31.8. The quantitative estimate of drug-likeness (QED) is 0.204. The Labute approximate surface area is 266 Å². The van der Waals surface area contributed by atoms with Crippen LogP contribution in [0, 0.1) is 13.8 Å². The summed E-state index contributed by atoms with van der Waals surface area (Å²) in [5.74, 6) is -0.682. The molecule has 45 heavy (non-hydrogen) atoms. The van der Waals surface area contributed by atoms with E-state index in [2.05, 4.69) is 5.32 Å². The zero-order valence-electron chi connectivity index (χ0n) is 25.9. The standard InChI is InChI=1S/C37H41N3O4S/c1-28-20-22-34(23-21-28)45(43,44)40(33-18-7-4-8-19-33)27-36(41)39(26-31-15-11-12-29(2)24-31)35(25-30-13-5-3-6-14-30)37(42)38-32-16-9-10-17-32/h3-8,11-15,18-24,32,35H,9-10,16-17,25-27H2,1-2H3,(H,38,42)/t35-/m1/s1. The number of para-hydroxylation sites is 1. The second-order valence-corrected chi connectivity index (χ2v) is 13.7. The molecule has 0 saturated heterocycles. The van der Waals surface area contributed by atoms with Crippen molar-refractivity contribution in [1.29, 1.82) is 0 Å². The Morgan fingerprint density at radius 3 is 2.04 bits per heavy atom. The van der Waals surface area contributed by atoms with Crippen LogP contribution < -0.4 is 9.62 Å². The molecule has 4 aromatic carbocycles. The molecule has 1 N–H and O–H groups in total. The van der Waals surface area contributed by atoms with Gasteiger partial charge in [-0.1, -0.05) is 109 Å². The number of hydrogen-bond donors (Lipinski definition) is 1. The third kappa shape index (κ3) is 8.19. The van der Waals surface area contributed by atoms with Gasteiger partial charge in [-0.05, 0) is 62.1 Å². The smallest absolute Gasteiger partial charge is 0.264 e. The normalized spacial score (nSPS) is 14.1. The van der Waals surface area contributed by atoms with Gasteiger partial charge in [0.15, 0.2) is 0 Å². The molecule has 0 aromatic heterocycles. The Kier molecular flexibility index (Phi) is 10.4. The molecule has 234 valence electrons. The van der Waals surface area contributed by atoms with Gasteiger partial charge in [0.25, 0.3) is 10.0 Å². The molecule has 1 aliphatic rings. The van der Waals surface area contributed by atoms with E-state index in [4.69, 9.17) is 0 Å². The maximum atomic E-state index is 14.6. The molecule has 0 spiro atoms. The fourth-order valence-electron chi connectivity index (χ4n) is 5.89. The molecule has 7 nitrogen and oxygen atoms in total. The van der Waals surface area contributed by atoms with Gasteiger partial charge in [-0.2, -0.15) is 0 Å². The molecule has 1 saturated carbocycles. The number of carbonyl (C=O) groups excluding carboxylic acids is 2. The summed E-state index contributed by atoms with van der Waals surface area (Å²) in [4.78, 5) is 30.3. The van der Waals surface area contributed by atoms with E-state index < -0.39 is 28.5 Å². The first-order valence-corrected chi connectivity index (χ1v) is 17.0. The highest BCUT2D eigenvalue weighted by Gasteiger charge is 2.35. The summed E-state index contributed by atoms with van der Waals surface area (Å²) >= 11 is 0. The van der Waals surface area contributed by atoms with Gasteiger partial charge in [0.1, 0.15) is 12.6 Å². The molecule has 1 atom stereocenters. The molecule has 0 unspecified atom stereocenters. The lowest BCUT2D eigenvalue weighted by atomic mass is 10.0. The molecule has 1 aliphatic carbocycles. The third-order valence-electron chi connectivity index (χ3n) is 8.34. The Morgan fingerprint density at radius 2 is 1.40 bits per heavy atom. The average Bonchev–Trinajstić information content (AvgIpc) is 3.55. The molecule has 1 fully saturated rings. The predicted molar refractivity (Wildman–Crippen MR) is 178 cm³/mol. The third-order valence-corrected chi connectivity index (χ3v) is 10.1. The first-order chi connectivity index (χ1) is 21.7. The van der Waals surface area contributed by atoms with Crippen molar-refractivity contribution in [2.45, 2.75) is 69.5 Å². The molecular weight excluding hydrogens is 582 g/mol. The highest BCUT2D eigenvalue weighted by Crippen LogP contribution is 2.26. The molecule has 2 amide bonds. The predicted octanol–water partition coefficient (Wildman–Crippen LogP) is 6.20. The summed E-state index contributed by atoms with van der Waals surface area (Å²) < 4.78 is 29.4. The topological polar surface area (TPSA) is 86.8 Å². The molecule has 0 radical (unpaired) electrons. The number of anilines is 1. The van der Waals surface area contributed by atoms with E-state index >= 15 is 0 Å². The van der Waals surface area contributed by atoms with Gasteiger partial charge in [0.2, 0.25) is 11.8 Å². The van der Waals surface area contributed by atoms with Gasteiger partial charge in [0.05, 0.1) is 10.6 Å². The van der Waals surface area contributed by atoms with Crippen LogP contribution in [0.5, 0.6) is 0 Å². The van der Waals surface area contributed by atoms with Crippen LogP contribution in [0.4, 0.5) is 5.69 Å². The fraction of sp³-hybridized carbons (Fsp3) is 0.297. The largest absolute Gasteiger partial charge is 0.352 e. The maximum absolute atomic E-state index is 14.6. The molecule has 4 aromatic rings.